The molecule has 1 aromatic heterocycles. The van der Waals surface area contributed by atoms with Gasteiger partial charge in [-0.05, 0) is 54.1 Å². The molecule has 0 saturated heterocycles. The Morgan fingerprint density at radius 1 is 1.18 bits per heavy atom. The van der Waals surface area contributed by atoms with Gasteiger partial charge >= 0.3 is 0 Å². The quantitative estimate of drug-likeness (QED) is 0.777. The molecule has 0 atom stereocenters. The number of imidazole rings is 1. The molecule has 1 heterocycles. The van der Waals surface area contributed by atoms with Crippen molar-refractivity contribution in [1.82, 2.24) is 9.97 Å². The molecule has 6 heteroatoms. The van der Waals surface area contributed by atoms with Crippen LogP contribution in [0.1, 0.15) is 10.4 Å². The Labute approximate surface area is 132 Å². The van der Waals surface area contributed by atoms with Crippen molar-refractivity contribution in [2.75, 3.05) is 24.3 Å². The average molecular weight is 315 g/mol. The number of fused-ring (bicyclic) bond motifs is 1. The molecule has 5 nitrogen and oxygen atoms in total. The zero-order valence-electron chi connectivity index (χ0n) is 12.2. The van der Waals surface area contributed by atoms with Crippen LogP contribution < -0.4 is 10.2 Å². The second kappa shape index (κ2) is 5.69. The number of benzene rings is 2. The molecule has 0 bridgehead atoms. The summed E-state index contributed by atoms with van der Waals surface area (Å²) in [7, 11) is 3.92. The van der Waals surface area contributed by atoms with Gasteiger partial charge in [-0.1, -0.05) is 0 Å². The molecule has 0 radical (unpaired) electrons. The third-order valence-electron chi connectivity index (χ3n) is 3.36. The number of rotatable bonds is 3. The lowest BCUT2D eigenvalue weighted by molar-refractivity contribution is 0.102. The first kappa shape index (κ1) is 14.4. The number of hydrogen-bond acceptors (Lipinski definition) is 3. The van der Waals surface area contributed by atoms with Crippen LogP contribution >= 0.6 is 11.6 Å². The van der Waals surface area contributed by atoms with Gasteiger partial charge in [0.05, 0.1) is 11.0 Å². The van der Waals surface area contributed by atoms with Crippen LogP contribution in [0.2, 0.25) is 5.28 Å². The minimum absolute atomic E-state index is 0.157. The number of nitrogens with one attached hydrogen (secondary N) is 2. The minimum Gasteiger partial charge on any atom is -0.378 e. The van der Waals surface area contributed by atoms with Crippen molar-refractivity contribution >= 4 is 39.9 Å². The number of aromatic amines is 1. The Bertz CT molecular complexity index is 824. The lowest BCUT2D eigenvalue weighted by Crippen LogP contribution is -2.13. The fourth-order valence-electron chi connectivity index (χ4n) is 2.17. The van der Waals surface area contributed by atoms with Gasteiger partial charge in [0.1, 0.15) is 0 Å². The van der Waals surface area contributed by atoms with Crippen molar-refractivity contribution in [3.63, 3.8) is 0 Å². The SMILES string of the molecule is CN(C)c1ccc(C(=O)Nc2ccc3nc(Cl)[nH]c3c2)cc1. The average Bonchev–Trinajstić information content (AvgIpc) is 2.86. The Kier molecular flexibility index (Phi) is 3.73. The summed E-state index contributed by atoms with van der Waals surface area (Å²) in [6, 6.07) is 12.8. The number of anilines is 2. The predicted octanol–water partition coefficient (Wildman–Crippen LogP) is 3.53. The maximum atomic E-state index is 12.3. The van der Waals surface area contributed by atoms with E-state index < -0.39 is 0 Å². The molecule has 1 amide bonds. The molecule has 0 spiro atoms. The number of aromatic nitrogens is 2. The Morgan fingerprint density at radius 3 is 2.59 bits per heavy atom. The number of amides is 1. The highest BCUT2D eigenvalue weighted by Crippen LogP contribution is 2.20. The molecule has 0 aliphatic carbocycles. The number of carbonyl (C=O) groups is 1. The van der Waals surface area contributed by atoms with E-state index in [1.165, 1.54) is 0 Å². The van der Waals surface area contributed by atoms with Crippen molar-refractivity contribution in [2.24, 2.45) is 0 Å². The van der Waals surface area contributed by atoms with Crippen molar-refractivity contribution < 1.29 is 4.79 Å². The van der Waals surface area contributed by atoms with Crippen LogP contribution in [0.25, 0.3) is 11.0 Å². The first-order valence-corrected chi connectivity index (χ1v) is 7.15. The zero-order valence-corrected chi connectivity index (χ0v) is 13.0. The highest BCUT2D eigenvalue weighted by Gasteiger charge is 2.08. The van der Waals surface area contributed by atoms with E-state index in [0.29, 0.717) is 16.5 Å². The van der Waals surface area contributed by atoms with Gasteiger partial charge in [0.15, 0.2) is 0 Å². The first-order chi connectivity index (χ1) is 10.5. The van der Waals surface area contributed by atoms with Gasteiger partial charge in [-0.15, -0.1) is 0 Å². The summed E-state index contributed by atoms with van der Waals surface area (Å²) in [6.07, 6.45) is 0. The largest absolute Gasteiger partial charge is 0.378 e. The highest BCUT2D eigenvalue weighted by atomic mass is 35.5. The van der Waals surface area contributed by atoms with Gasteiger partial charge in [-0.25, -0.2) is 4.98 Å². The van der Waals surface area contributed by atoms with Crippen molar-refractivity contribution in [2.45, 2.75) is 0 Å². The Balaban J connectivity index is 1.79. The van der Waals surface area contributed by atoms with E-state index in [-0.39, 0.29) is 5.91 Å². The number of halogens is 1. The molecule has 3 aromatic rings. The van der Waals surface area contributed by atoms with E-state index in [1.54, 1.807) is 24.3 Å². The maximum Gasteiger partial charge on any atom is 0.255 e. The third-order valence-corrected chi connectivity index (χ3v) is 3.54. The molecule has 0 fully saturated rings. The summed E-state index contributed by atoms with van der Waals surface area (Å²) >= 11 is 5.82. The molecule has 2 N–H and O–H groups in total. The van der Waals surface area contributed by atoms with E-state index in [1.807, 2.05) is 37.2 Å². The molecule has 2 aromatic carbocycles. The number of hydrogen-bond donors (Lipinski definition) is 2. The van der Waals surface area contributed by atoms with Crippen molar-refractivity contribution in [3.05, 3.63) is 53.3 Å². The van der Waals surface area contributed by atoms with Crippen LogP contribution in [-0.4, -0.2) is 30.0 Å². The molecule has 3 rings (SSSR count). The topological polar surface area (TPSA) is 61.0 Å². The van der Waals surface area contributed by atoms with Crippen molar-refractivity contribution in [3.8, 4) is 0 Å². The zero-order chi connectivity index (χ0) is 15.7. The van der Waals surface area contributed by atoms with Gasteiger partial charge in [-0.3, -0.25) is 4.79 Å². The first-order valence-electron chi connectivity index (χ1n) is 6.77. The molecule has 0 aliphatic heterocycles. The number of carbonyl (C=O) groups excluding carboxylic acids is 1. The van der Waals surface area contributed by atoms with Gasteiger partial charge in [0, 0.05) is 31.0 Å². The molecular weight excluding hydrogens is 300 g/mol. The lowest BCUT2D eigenvalue weighted by atomic mass is 10.2. The summed E-state index contributed by atoms with van der Waals surface area (Å²) in [6.45, 7) is 0. The summed E-state index contributed by atoms with van der Waals surface area (Å²) in [5, 5.41) is 3.20. The second-order valence-electron chi connectivity index (χ2n) is 5.15. The van der Waals surface area contributed by atoms with Gasteiger partial charge in [0.2, 0.25) is 5.28 Å². The summed E-state index contributed by atoms with van der Waals surface area (Å²) in [4.78, 5) is 21.3. The smallest absolute Gasteiger partial charge is 0.255 e. The van der Waals surface area contributed by atoms with Gasteiger partial charge < -0.3 is 15.2 Å². The molecule has 112 valence electrons. The summed E-state index contributed by atoms with van der Waals surface area (Å²) in [5.74, 6) is -0.157. The van der Waals surface area contributed by atoms with Crippen LogP contribution in [0.3, 0.4) is 0 Å². The van der Waals surface area contributed by atoms with E-state index in [4.69, 9.17) is 11.6 Å². The van der Waals surface area contributed by atoms with Crippen LogP contribution in [0, 0.1) is 0 Å². The Morgan fingerprint density at radius 2 is 1.91 bits per heavy atom. The fraction of sp³-hybridized carbons (Fsp3) is 0.125. The number of H-pyrrole nitrogens is 1. The minimum atomic E-state index is -0.157. The Hall–Kier alpha value is -2.53. The van der Waals surface area contributed by atoms with E-state index >= 15 is 0 Å². The summed E-state index contributed by atoms with van der Waals surface area (Å²) < 4.78 is 0. The number of nitrogens with zero attached hydrogens (tertiary/aromatic N) is 2. The fourth-order valence-corrected chi connectivity index (χ4v) is 2.36. The second-order valence-corrected chi connectivity index (χ2v) is 5.51. The monoisotopic (exact) mass is 314 g/mol. The van der Waals surface area contributed by atoms with Crippen molar-refractivity contribution in [1.29, 1.82) is 0 Å². The summed E-state index contributed by atoms with van der Waals surface area (Å²) in [5.41, 5.74) is 3.89. The van der Waals surface area contributed by atoms with Gasteiger partial charge in [-0.2, -0.15) is 0 Å². The van der Waals surface area contributed by atoms with E-state index in [9.17, 15) is 4.79 Å². The van der Waals surface area contributed by atoms with Crippen LogP contribution in [0.5, 0.6) is 0 Å². The van der Waals surface area contributed by atoms with E-state index in [2.05, 4.69) is 15.3 Å². The van der Waals surface area contributed by atoms with E-state index in [0.717, 1.165) is 16.7 Å². The molecular formula is C16H15ClN4O. The molecule has 22 heavy (non-hydrogen) atoms. The third kappa shape index (κ3) is 2.89. The molecule has 0 saturated carbocycles. The molecule has 0 unspecified atom stereocenters. The lowest BCUT2D eigenvalue weighted by Gasteiger charge is -2.12. The highest BCUT2D eigenvalue weighted by molar-refractivity contribution is 6.29. The normalized spacial score (nSPS) is 10.7. The van der Waals surface area contributed by atoms with Gasteiger partial charge in [0.25, 0.3) is 5.91 Å². The van der Waals surface area contributed by atoms with Crippen LogP contribution in [-0.2, 0) is 0 Å². The van der Waals surface area contributed by atoms with Crippen LogP contribution in [0.15, 0.2) is 42.5 Å². The predicted molar refractivity (Wildman–Crippen MR) is 89.8 cm³/mol. The molecule has 0 aliphatic rings. The van der Waals surface area contributed by atoms with Crippen LogP contribution in [0.4, 0.5) is 11.4 Å². The standard InChI is InChI=1S/C16H15ClN4O/c1-21(2)12-6-3-10(4-7-12)15(22)18-11-5-8-13-14(9-11)20-16(17)19-13/h3-9H,1-2H3,(H,18,22)(H,19,20). The maximum absolute atomic E-state index is 12.3.